The Morgan fingerprint density at radius 2 is 1.55 bits per heavy atom. The van der Waals surface area contributed by atoms with Crippen LogP contribution in [0.15, 0.2) is 18.2 Å². The van der Waals surface area contributed by atoms with Crippen molar-refractivity contribution in [3.05, 3.63) is 28.8 Å². The van der Waals surface area contributed by atoms with Gasteiger partial charge in [0.15, 0.2) is 0 Å². The summed E-state index contributed by atoms with van der Waals surface area (Å²) >= 11 is 5.84. The SMILES string of the molecule is COCCOCCOCCOCc1ccc(Cl)c(N)c1. The van der Waals surface area contributed by atoms with E-state index in [0.29, 0.717) is 57.0 Å². The molecule has 1 rings (SSSR count). The minimum atomic E-state index is 0.495. The van der Waals surface area contributed by atoms with Crippen molar-refractivity contribution >= 4 is 17.3 Å². The van der Waals surface area contributed by atoms with E-state index in [0.717, 1.165) is 5.56 Å². The average Bonchev–Trinajstić information content (AvgIpc) is 2.45. The highest BCUT2D eigenvalue weighted by Gasteiger charge is 1.98. The van der Waals surface area contributed by atoms with Crippen LogP contribution >= 0.6 is 11.6 Å². The van der Waals surface area contributed by atoms with Gasteiger partial charge in [-0.1, -0.05) is 17.7 Å². The van der Waals surface area contributed by atoms with Crippen LogP contribution in [-0.2, 0) is 25.6 Å². The lowest BCUT2D eigenvalue weighted by atomic mass is 10.2. The highest BCUT2D eigenvalue weighted by Crippen LogP contribution is 2.19. The zero-order valence-electron chi connectivity index (χ0n) is 11.8. The van der Waals surface area contributed by atoms with E-state index in [-0.39, 0.29) is 0 Å². The molecule has 1 aromatic carbocycles. The first kappa shape index (κ1) is 17.2. The first-order chi connectivity index (χ1) is 9.74. The number of hydrogen-bond acceptors (Lipinski definition) is 5. The van der Waals surface area contributed by atoms with Gasteiger partial charge in [0.05, 0.1) is 57.0 Å². The van der Waals surface area contributed by atoms with E-state index in [2.05, 4.69) is 0 Å². The minimum absolute atomic E-state index is 0.495. The average molecular weight is 304 g/mol. The molecular weight excluding hydrogens is 282 g/mol. The van der Waals surface area contributed by atoms with E-state index in [1.165, 1.54) is 0 Å². The molecule has 0 saturated heterocycles. The molecule has 0 aliphatic heterocycles. The van der Waals surface area contributed by atoms with Crippen molar-refractivity contribution in [1.29, 1.82) is 0 Å². The van der Waals surface area contributed by atoms with Crippen molar-refractivity contribution in [1.82, 2.24) is 0 Å². The normalized spacial score (nSPS) is 10.9. The molecule has 0 radical (unpaired) electrons. The van der Waals surface area contributed by atoms with Crippen molar-refractivity contribution in [2.75, 3.05) is 52.5 Å². The van der Waals surface area contributed by atoms with Crippen molar-refractivity contribution in [2.24, 2.45) is 0 Å². The predicted octanol–water partition coefficient (Wildman–Crippen LogP) is 2.12. The van der Waals surface area contributed by atoms with Crippen molar-refractivity contribution in [3.63, 3.8) is 0 Å². The zero-order chi connectivity index (χ0) is 14.6. The van der Waals surface area contributed by atoms with Gasteiger partial charge in [-0.25, -0.2) is 0 Å². The summed E-state index contributed by atoms with van der Waals surface area (Å²) in [5.74, 6) is 0. The first-order valence-electron chi connectivity index (χ1n) is 6.50. The molecular formula is C14H22ClNO4. The lowest BCUT2D eigenvalue weighted by Crippen LogP contribution is -2.11. The van der Waals surface area contributed by atoms with Gasteiger partial charge < -0.3 is 24.7 Å². The number of rotatable bonds is 11. The standard InChI is InChI=1S/C14H22ClNO4/c1-17-4-5-18-6-7-19-8-9-20-11-12-2-3-13(15)14(16)10-12/h2-3,10H,4-9,11,16H2,1H3. The molecule has 114 valence electrons. The molecule has 5 nitrogen and oxygen atoms in total. The number of nitrogens with two attached hydrogens (primary N) is 1. The highest BCUT2D eigenvalue weighted by atomic mass is 35.5. The quantitative estimate of drug-likeness (QED) is 0.501. The Kier molecular flexibility index (Phi) is 9.36. The summed E-state index contributed by atoms with van der Waals surface area (Å²) < 4.78 is 20.9. The molecule has 0 saturated carbocycles. The molecule has 0 bridgehead atoms. The maximum Gasteiger partial charge on any atom is 0.0718 e. The fourth-order valence-electron chi connectivity index (χ4n) is 1.46. The predicted molar refractivity (Wildman–Crippen MR) is 79.0 cm³/mol. The van der Waals surface area contributed by atoms with Gasteiger partial charge in [0.25, 0.3) is 0 Å². The molecule has 0 heterocycles. The minimum Gasteiger partial charge on any atom is -0.398 e. The smallest absolute Gasteiger partial charge is 0.0718 e. The number of benzene rings is 1. The molecule has 0 spiro atoms. The number of ether oxygens (including phenoxy) is 4. The van der Waals surface area contributed by atoms with Crippen LogP contribution in [0.4, 0.5) is 5.69 Å². The Bertz CT molecular complexity index is 376. The summed E-state index contributed by atoms with van der Waals surface area (Å²) in [6.45, 7) is 3.88. The molecule has 0 unspecified atom stereocenters. The van der Waals surface area contributed by atoms with Crippen LogP contribution in [-0.4, -0.2) is 46.8 Å². The molecule has 0 fully saturated rings. The van der Waals surface area contributed by atoms with Crippen LogP contribution in [0.2, 0.25) is 5.02 Å². The topological polar surface area (TPSA) is 62.9 Å². The van der Waals surface area contributed by atoms with E-state index in [1.807, 2.05) is 12.1 Å². The van der Waals surface area contributed by atoms with Gasteiger partial charge in [-0.2, -0.15) is 0 Å². The van der Waals surface area contributed by atoms with Gasteiger partial charge >= 0.3 is 0 Å². The zero-order valence-corrected chi connectivity index (χ0v) is 12.5. The summed E-state index contributed by atoms with van der Waals surface area (Å²) in [7, 11) is 1.64. The number of halogens is 1. The van der Waals surface area contributed by atoms with Gasteiger partial charge in [-0.05, 0) is 17.7 Å². The highest BCUT2D eigenvalue weighted by molar-refractivity contribution is 6.33. The third kappa shape index (κ3) is 7.67. The van der Waals surface area contributed by atoms with Crippen LogP contribution in [0.25, 0.3) is 0 Å². The Labute approximate surface area is 124 Å². The van der Waals surface area contributed by atoms with Crippen molar-refractivity contribution in [3.8, 4) is 0 Å². The number of hydrogen-bond donors (Lipinski definition) is 1. The monoisotopic (exact) mass is 303 g/mol. The van der Waals surface area contributed by atoms with Gasteiger partial charge in [0, 0.05) is 7.11 Å². The van der Waals surface area contributed by atoms with Crippen molar-refractivity contribution < 1.29 is 18.9 Å². The number of methoxy groups -OCH3 is 1. The molecule has 1 aromatic rings. The Morgan fingerprint density at radius 3 is 2.15 bits per heavy atom. The lowest BCUT2D eigenvalue weighted by Gasteiger charge is -2.07. The van der Waals surface area contributed by atoms with Crippen molar-refractivity contribution in [2.45, 2.75) is 6.61 Å². The molecule has 0 aromatic heterocycles. The van der Waals surface area contributed by atoms with E-state index in [9.17, 15) is 0 Å². The third-order valence-corrected chi connectivity index (χ3v) is 2.85. The fourth-order valence-corrected chi connectivity index (χ4v) is 1.57. The Balaban J connectivity index is 1.95. The second-order valence-corrected chi connectivity index (χ2v) is 4.53. The van der Waals surface area contributed by atoms with Gasteiger partial charge in [0.2, 0.25) is 0 Å². The molecule has 6 heteroatoms. The van der Waals surface area contributed by atoms with Gasteiger partial charge in [-0.3, -0.25) is 0 Å². The summed E-state index contributed by atoms with van der Waals surface area (Å²) in [5.41, 5.74) is 7.27. The van der Waals surface area contributed by atoms with Gasteiger partial charge in [0.1, 0.15) is 0 Å². The summed E-state index contributed by atoms with van der Waals surface area (Å²) in [6, 6.07) is 5.47. The Hall–Kier alpha value is -0.850. The maximum absolute atomic E-state index is 5.84. The maximum atomic E-state index is 5.84. The van der Waals surface area contributed by atoms with E-state index in [4.69, 9.17) is 36.3 Å². The fraction of sp³-hybridized carbons (Fsp3) is 0.571. The second-order valence-electron chi connectivity index (χ2n) is 4.13. The largest absolute Gasteiger partial charge is 0.398 e. The van der Waals surface area contributed by atoms with Crippen LogP contribution in [0.5, 0.6) is 0 Å². The first-order valence-corrected chi connectivity index (χ1v) is 6.88. The molecule has 0 amide bonds. The van der Waals surface area contributed by atoms with E-state index in [1.54, 1.807) is 13.2 Å². The van der Waals surface area contributed by atoms with Crippen LogP contribution < -0.4 is 5.73 Å². The Morgan fingerprint density at radius 1 is 0.950 bits per heavy atom. The third-order valence-electron chi connectivity index (χ3n) is 2.50. The number of anilines is 1. The molecule has 2 N–H and O–H groups in total. The van der Waals surface area contributed by atoms with Crippen LogP contribution in [0.1, 0.15) is 5.56 Å². The van der Waals surface area contributed by atoms with E-state index >= 15 is 0 Å². The lowest BCUT2D eigenvalue weighted by molar-refractivity contribution is 0.000874. The molecule has 20 heavy (non-hydrogen) atoms. The van der Waals surface area contributed by atoms with E-state index < -0.39 is 0 Å². The summed E-state index contributed by atoms with van der Waals surface area (Å²) in [4.78, 5) is 0. The molecule has 0 aliphatic rings. The second kappa shape index (κ2) is 10.9. The van der Waals surface area contributed by atoms with Gasteiger partial charge in [-0.15, -0.1) is 0 Å². The number of nitrogen functional groups attached to an aromatic ring is 1. The summed E-state index contributed by atoms with van der Waals surface area (Å²) in [6.07, 6.45) is 0. The van der Waals surface area contributed by atoms with Crippen LogP contribution in [0.3, 0.4) is 0 Å². The molecule has 0 aliphatic carbocycles. The molecule has 0 atom stereocenters. The van der Waals surface area contributed by atoms with Crippen LogP contribution in [0, 0.1) is 0 Å². The summed E-state index contributed by atoms with van der Waals surface area (Å²) in [5, 5.41) is 0.561.